The van der Waals surface area contributed by atoms with Crippen molar-refractivity contribution in [2.45, 2.75) is 10.1 Å². The zero-order chi connectivity index (χ0) is 22.6. The Morgan fingerprint density at radius 1 is 1.13 bits per heavy atom. The van der Waals surface area contributed by atoms with E-state index in [4.69, 9.17) is 29.6 Å². The van der Waals surface area contributed by atoms with E-state index in [1.165, 1.54) is 36.5 Å². The first kappa shape index (κ1) is 23.2. The van der Waals surface area contributed by atoms with Crippen LogP contribution in [-0.2, 0) is 9.84 Å². The van der Waals surface area contributed by atoms with Crippen LogP contribution in [0.5, 0.6) is 0 Å². The van der Waals surface area contributed by atoms with E-state index >= 15 is 0 Å². The van der Waals surface area contributed by atoms with Crippen LogP contribution >= 0.6 is 23.8 Å². The second kappa shape index (κ2) is 9.78. The molecule has 0 radical (unpaired) electrons. The van der Waals surface area contributed by atoms with Crippen molar-refractivity contribution in [1.82, 2.24) is 10.3 Å². The molecule has 0 fully saturated rings. The number of nitrogens with zero attached hydrogens (tertiary/aromatic N) is 1. The molecule has 3 aromatic rings. The zero-order valence-corrected chi connectivity index (χ0v) is 18.4. The van der Waals surface area contributed by atoms with Gasteiger partial charge in [-0.2, -0.15) is 0 Å². The summed E-state index contributed by atoms with van der Waals surface area (Å²) in [6, 6.07) is 11.1. The van der Waals surface area contributed by atoms with Crippen molar-refractivity contribution >= 4 is 38.6 Å². The molecule has 162 valence electrons. The summed E-state index contributed by atoms with van der Waals surface area (Å²) < 4.78 is 55.4. The van der Waals surface area contributed by atoms with Crippen molar-refractivity contribution < 1.29 is 17.2 Å². The molecular weight excluding hydrogens is 464 g/mol. The molecule has 0 saturated carbocycles. The van der Waals surface area contributed by atoms with Gasteiger partial charge in [0.25, 0.3) is 0 Å². The Morgan fingerprint density at radius 3 is 2.45 bits per heavy atom. The van der Waals surface area contributed by atoms with Gasteiger partial charge in [-0.05, 0) is 54.6 Å². The van der Waals surface area contributed by atoms with Gasteiger partial charge in [-0.25, -0.2) is 17.2 Å². The molecule has 0 aliphatic rings. The second-order valence-electron chi connectivity index (χ2n) is 6.56. The van der Waals surface area contributed by atoms with Gasteiger partial charge in [-0.3, -0.25) is 4.98 Å². The molecule has 0 spiro atoms. The number of thiocarbonyl (C=S) groups is 1. The maximum Gasteiger partial charge on any atom is 0.191 e. The number of nitrogens with one attached hydrogen (secondary N) is 1. The summed E-state index contributed by atoms with van der Waals surface area (Å²) >= 11 is 11.1. The summed E-state index contributed by atoms with van der Waals surface area (Å²) in [6.07, 6.45) is 1.38. The van der Waals surface area contributed by atoms with Crippen molar-refractivity contribution in [3.63, 3.8) is 0 Å². The quantitative estimate of drug-likeness (QED) is 0.499. The van der Waals surface area contributed by atoms with Crippen LogP contribution in [0.2, 0.25) is 5.02 Å². The minimum Gasteiger partial charge on any atom is -0.374 e. The monoisotopic (exact) mass is 481 g/mol. The van der Waals surface area contributed by atoms with Crippen LogP contribution in [0.25, 0.3) is 0 Å². The molecule has 1 aromatic heterocycles. The highest BCUT2D eigenvalue weighted by Gasteiger charge is 2.34. The second-order valence-corrected chi connectivity index (χ2v) is 9.44. The molecule has 31 heavy (non-hydrogen) atoms. The van der Waals surface area contributed by atoms with E-state index in [0.29, 0.717) is 28.7 Å². The molecule has 3 N–H and O–H groups in total. The van der Waals surface area contributed by atoms with Crippen molar-refractivity contribution in [2.24, 2.45) is 5.73 Å². The van der Waals surface area contributed by atoms with Crippen LogP contribution < -0.4 is 11.1 Å². The average Bonchev–Trinajstić information content (AvgIpc) is 2.75. The summed E-state index contributed by atoms with van der Waals surface area (Å²) in [5.74, 6) is -1.63. The van der Waals surface area contributed by atoms with Crippen LogP contribution in [0.3, 0.4) is 0 Å². The minimum atomic E-state index is -4.20. The van der Waals surface area contributed by atoms with E-state index in [-0.39, 0.29) is 16.2 Å². The smallest absolute Gasteiger partial charge is 0.191 e. The molecule has 2 aromatic carbocycles. The highest BCUT2D eigenvalue weighted by atomic mass is 35.5. The van der Waals surface area contributed by atoms with E-state index in [1.807, 2.05) is 0 Å². The highest BCUT2D eigenvalue weighted by molar-refractivity contribution is 7.91. The Kier molecular flexibility index (Phi) is 7.32. The van der Waals surface area contributed by atoms with Crippen molar-refractivity contribution in [3.8, 4) is 0 Å². The Hall–Kier alpha value is -2.46. The molecule has 0 bridgehead atoms. The van der Waals surface area contributed by atoms with Gasteiger partial charge in [-0.1, -0.05) is 23.8 Å². The number of rotatable bonds is 7. The molecule has 0 aliphatic carbocycles. The van der Waals surface area contributed by atoms with Crippen LogP contribution in [0.4, 0.5) is 8.78 Å². The third kappa shape index (κ3) is 5.24. The minimum absolute atomic E-state index is 0.0184. The summed E-state index contributed by atoms with van der Waals surface area (Å²) in [6.45, 7) is 0.842. The van der Waals surface area contributed by atoms with Gasteiger partial charge in [-0.15, -0.1) is 0 Å². The molecule has 0 aliphatic heterocycles. The summed E-state index contributed by atoms with van der Waals surface area (Å²) in [5.41, 5.74) is 5.65. The van der Waals surface area contributed by atoms with E-state index in [9.17, 15) is 17.2 Å². The number of pyridine rings is 1. The van der Waals surface area contributed by atoms with E-state index in [1.54, 1.807) is 6.07 Å². The number of halogens is 3. The number of hydrogen-bond donors (Lipinski definition) is 2. The van der Waals surface area contributed by atoms with Gasteiger partial charge in [0.15, 0.2) is 9.84 Å². The van der Waals surface area contributed by atoms with Crippen LogP contribution in [0.1, 0.15) is 22.1 Å². The number of benzene rings is 2. The molecule has 10 heteroatoms. The van der Waals surface area contributed by atoms with Crippen LogP contribution in [-0.4, -0.2) is 31.5 Å². The predicted octanol–water partition coefficient (Wildman–Crippen LogP) is 3.80. The predicted molar refractivity (Wildman–Crippen MR) is 120 cm³/mol. The average molecular weight is 482 g/mol. The lowest BCUT2D eigenvalue weighted by Gasteiger charge is -2.19. The number of sulfone groups is 1. The van der Waals surface area contributed by atoms with E-state index < -0.39 is 26.7 Å². The van der Waals surface area contributed by atoms with Crippen molar-refractivity contribution in [2.75, 3.05) is 13.1 Å². The van der Waals surface area contributed by atoms with E-state index in [2.05, 4.69) is 10.3 Å². The lowest BCUT2D eigenvalue weighted by molar-refractivity contribution is 0.568. The van der Waals surface area contributed by atoms with Crippen LogP contribution in [0, 0.1) is 11.6 Å². The topological polar surface area (TPSA) is 85.1 Å². The lowest BCUT2D eigenvalue weighted by atomic mass is 10.1. The Morgan fingerprint density at radius 2 is 1.84 bits per heavy atom. The normalized spacial score (nSPS) is 12.4. The number of hydrogen-bond acceptors (Lipinski definition) is 5. The standard InChI is InChI=1S/C21H18ClF2N3O2S2/c22-14-2-5-16(6-3-14)31(28,29)20(17-11-15(23)4-7-18(17)24)19-8-1-13(12-27-19)21(30)26-10-9-25/h1-8,11-12,20H,9-10,25H2,(H,26,30). The summed E-state index contributed by atoms with van der Waals surface area (Å²) in [5, 5.41) is 1.69. The zero-order valence-electron chi connectivity index (χ0n) is 16.1. The molecular formula is C21H18ClF2N3O2S2. The maximum absolute atomic E-state index is 14.6. The SMILES string of the molecule is NCCNC(=S)c1ccc(C(c2cc(F)ccc2F)S(=O)(=O)c2ccc(Cl)cc2)nc1. The van der Waals surface area contributed by atoms with Gasteiger partial charge >= 0.3 is 0 Å². The lowest BCUT2D eigenvalue weighted by Crippen LogP contribution is -2.28. The molecule has 3 rings (SSSR count). The fourth-order valence-electron chi connectivity index (χ4n) is 2.94. The first-order valence-electron chi connectivity index (χ1n) is 9.12. The molecule has 0 saturated heterocycles. The van der Waals surface area contributed by atoms with Gasteiger partial charge < -0.3 is 11.1 Å². The molecule has 5 nitrogen and oxygen atoms in total. The molecule has 1 atom stereocenters. The molecule has 0 amide bonds. The van der Waals surface area contributed by atoms with Gasteiger partial charge in [0.2, 0.25) is 0 Å². The fourth-order valence-corrected chi connectivity index (χ4v) is 5.05. The third-order valence-corrected chi connectivity index (χ3v) is 7.12. The maximum atomic E-state index is 14.6. The Balaban J connectivity index is 2.12. The third-order valence-electron chi connectivity index (χ3n) is 4.44. The van der Waals surface area contributed by atoms with E-state index in [0.717, 1.165) is 18.2 Å². The number of aromatic nitrogens is 1. The van der Waals surface area contributed by atoms with Crippen molar-refractivity contribution in [1.29, 1.82) is 0 Å². The highest BCUT2D eigenvalue weighted by Crippen LogP contribution is 2.36. The molecule has 1 unspecified atom stereocenters. The fraction of sp³-hybridized carbons (Fsp3) is 0.143. The first-order chi connectivity index (χ1) is 14.7. The first-order valence-corrected chi connectivity index (χ1v) is 11.5. The Bertz CT molecular complexity index is 1190. The van der Waals surface area contributed by atoms with Gasteiger partial charge in [0.05, 0.1) is 10.6 Å². The van der Waals surface area contributed by atoms with Gasteiger partial charge in [0, 0.05) is 35.4 Å². The largest absolute Gasteiger partial charge is 0.374 e. The summed E-state index contributed by atoms with van der Waals surface area (Å²) in [4.78, 5) is 4.50. The molecule has 1 heterocycles. The van der Waals surface area contributed by atoms with Crippen molar-refractivity contribution in [3.05, 3.63) is 94.3 Å². The summed E-state index contributed by atoms with van der Waals surface area (Å²) in [7, 11) is -4.20. The van der Waals surface area contributed by atoms with Gasteiger partial charge in [0.1, 0.15) is 21.9 Å². The number of nitrogens with two attached hydrogens (primary N) is 1. The Labute approximate surface area is 189 Å². The van der Waals surface area contributed by atoms with Crippen LogP contribution in [0.15, 0.2) is 65.7 Å².